The minimum absolute atomic E-state index is 0.125. The second-order valence-electron chi connectivity index (χ2n) is 3.85. The Morgan fingerprint density at radius 3 is 2.22 bits per heavy atom. The van der Waals surface area contributed by atoms with Crippen molar-refractivity contribution in [1.29, 1.82) is 0 Å². The molecule has 1 aromatic carbocycles. The van der Waals surface area contributed by atoms with Gasteiger partial charge in [0.1, 0.15) is 16.9 Å². The van der Waals surface area contributed by atoms with E-state index in [0.29, 0.717) is 0 Å². The van der Waals surface area contributed by atoms with Crippen LogP contribution in [0.3, 0.4) is 0 Å². The fourth-order valence-corrected chi connectivity index (χ4v) is 1.40. The lowest BCUT2D eigenvalue weighted by atomic mass is 10.0. The summed E-state index contributed by atoms with van der Waals surface area (Å²) in [6, 6.07) is 3.54. The SMILES string of the molecule is O=C(O)c1c(F)cccc1NC(CO)(CO)CO. The van der Waals surface area contributed by atoms with E-state index in [9.17, 15) is 9.18 Å². The van der Waals surface area contributed by atoms with Crippen molar-refractivity contribution in [3.8, 4) is 0 Å². The minimum atomic E-state index is -1.52. The first-order valence-corrected chi connectivity index (χ1v) is 5.12. The van der Waals surface area contributed by atoms with Crippen molar-refractivity contribution in [2.75, 3.05) is 25.1 Å². The number of benzene rings is 1. The number of carboxylic acids is 1. The van der Waals surface area contributed by atoms with Gasteiger partial charge in [-0.3, -0.25) is 0 Å². The number of carboxylic acid groups (broad SMARTS) is 1. The Labute approximate surface area is 102 Å². The van der Waals surface area contributed by atoms with E-state index in [1.807, 2.05) is 0 Å². The lowest BCUT2D eigenvalue weighted by Crippen LogP contribution is -2.49. The summed E-state index contributed by atoms with van der Waals surface area (Å²) in [5.41, 5.74) is -2.25. The number of nitrogens with one attached hydrogen (secondary N) is 1. The number of halogens is 1. The molecule has 0 saturated carbocycles. The molecule has 0 aliphatic carbocycles. The Kier molecular flexibility index (Phi) is 4.60. The van der Waals surface area contributed by atoms with Gasteiger partial charge in [-0.15, -0.1) is 0 Å². The molecule has 0 fully saturated rings. The molecule has 6 nitrogen and oxygen atoms in total. The largest absolute Gasteiger partial charge is 0.478 e. The van der Waals surface area contributed by atoms with Gasteiger partial charge >= 0.3 is 5.97 Å². The van der Waals surface area contributed by atoms with Gasteiger partial charge in [-0.1, -0.05) is 6.07 Å². The third-order valence-electron chi connectivity index (χ3n) is 2.54. The van der Waals surface area contributed by atoms with E-state index < -0.39 is 42.7 Å². The van der Waals surface area contributed by atoms with Crippen LogP contribution in [0.15, 0.2) is 18.2 Å². The normalized spacial score (nSPS) is 11.3. The number of aromatic carboxylic acids is 1. The lowest BCUT2D eigenvalue weighted by molar-refractivity contribution is 0.0687. The van der Waals surface area contributed by atoms with Gasteiger partial charge in [-0.2, -0.15) is 0 Å². The van der Waals surface area contributed by atoms with E-state index in [1.54, 1.807) is 0 Å². The van der Waals surface area contributed by atoms with Crippen molar-refractivity contribution in [3.05, 3.63) is 29.6 Å². The molecule has 0 spiro atoms. The fraction of sp³-hybridized carbons (Fsp3) is 0.364. The minimum Gasteiger partial charge on any atom is -0.478 e. The van der Waals surface area contributed by atoms with Crippen LogP contribution in [0.4, 0.5) is 10.1 Å². The van der Waals surface area contributed by atoms with E-state index in [1.165, 1.54) is 12.1 Å². The first kappa shape index (κ1) is 14.4. The summed E-state index contributed by atoms with van der Waals surface area (Å²) >= 11 is 0. The number of carbonyl (C=O) groups is 1. The molecule has 0 aliphatic rings. The third-order valence-corrected chi connectivity index (χ3v) is 2.54. The standard InChI is InChI=1S/C11H14FNO5/c12-7-2-1-3-8(9(7)10(17)18)13-11(4-14,5-15)6-16/h1-3,13-16H,4-6H2,(H,17,18). The Morgan fingerprint density at radius 1 is 1.22 bits per heavy atom. The monoisotopic (exact) mass is 259 g/mol. The van der Waals surface area contributed by atoms with E-state index in [4.69, 9.17) is 20.4 Å². The van der Waals surface area contributed by atoms with Gasteiger partial charge in [0.05, 0.1) is 25.5 Å². The molecular weight excluding hydrogens is 245 g/mol. The van der Waals surface area contributed by atoms with Crippen molar-refractivity contribution in [1.82, 2.24) is 0 Å². The Morgan fingerprint density at radius 2 is 1.78 bits per heavy atom. The lowest BCUT2D eigenvalue weighted by Gasteiger charge is -2.30. The highest BCUT2D eigenvalue weighted by atomic mass is 19.1. The quantitative estimate of drug-likeness (QED) is 0.478. The Hall–Kier alpha value is -1.70. The molecule has 0 amide bonds. The summed E-state index contributed by atoms with van der Waals surface area (Å²) in [4.78, 5) is 10.9. The van der Waals surface area contributed by atoms with Crippen LogP contribution in [0.2, 0.25) is 0 Å². The summed E-state index contributed by atoms with van der Waals surface area (Å²) in [6.45, 7) is -1.93. The van der Waals surface area contributed by atoms with Gasteiger partial charge in [-0.25, -0.2) is 9.18 Å². The molecule has 1 rings (SSSR count). The van der Waals surface area contributed by atoms with Crippen molar-refractivity contribution < 1.29 is 29.6 Å². The van der Waals surface area contributed by atoms with Crippen molar-refractivity contribution in [3.63, 3.8) is 0 Å². The molecule has 0 heterocycles. The van der Waals surface area contributed by atoms with Crippen LogP contribution >= 0.6 is 0 Å². The number of hydrogen-bond acceptors (Lipinski definition) is 5. The van der Waals surface area contributed by atoms with Gasteiger partial charge in [0.2, 0.25) is 0 Å². The van der Waals surface area contributed by atoms with Gasteiger partial charge in [0.25, 0.3) is 0 Å². The fourth-order valence-electron chi connectivity index (χ4n) is 1.40. The number of rotatable bonds is 6. The van der Waals surface area contributed by atoms with E-state index in [2.05, 4.69) is 5.32 Å². The topological polar surface area (TPSA) is 110 Å². The summed E-state index contributed by atoms with van der Waals surface area (Å²) in [5, 5.41) is 38.7. The molecule has 1 aromatic rings. The van der Waals surface area contributed by atoms with Gasteiger partial charge in [-0.05, 0) is 12.1 Å². The number of aliphatic hydroxyl groups excluding tert-OH is 3. The van der Waals surface area contributed by atoms with Crippen LogP contribution in [-0.2, 0) is 0 Å². The van der Waals surface area contributed by atoms with Crippen LogP contribution in [0.25, 0.3) is 0 Å². The summed E-state index contributed by atoms with van der Waals surface area (Å²) < 4.78 is 13.4. The average molecular weight is 259 g/mol. The molecule has 0 saturated heterocycles. The second-order valence-corrected chi connectivity index (χ2v) is 3.85. The molecule has 0 atom stereocenters. The molecule has 100 valence electrons. The van der Waals surface area contributed by atoms with Crippen LogP contribution in [0, 0.1) is 5.82 Å². The van der Waals surface area contributed by atoms with Crippen LogP contribution in [0.1, 0.15) is 10.4 Å². The highest BCUT2D eigenvalue weighted by Gasteiger charge is 2.30. The first-order valence-electron chi connectivity index (χ1n) is 5.12. The molecule has 7 heteroatoms. The summed E-state index contributed by atoms with van der Waals surface area (Å²) in [7, 11) is 0. The van der Waals surface area contributed by atoms with Crippen molar-refractivity contribution in [2.24, 2.45) is 0 Å². The molecule has 0 unspecified atom stereocenters. The molecule has 18 heavy (non-hydrogen) atoms. The molecule has 0 aromatic heterocycles. The molecule has 0 aliphatic heterocycles. The van der Waals surface area contributed by atoms with Gasteiger partial charge in [0, 0.05) is 0 Å². The van der Waals surface area contributed by atoms with Gasteiger partial charge in [0.15, 0.2) is 0 Å². The van der Waals surface area contributed by atoms with E-state index in [-0.39, 0.29) is 5.69 Å². The molecular formula is C11H14FNO5. The Bertz CT molecular complexity index is 425. The average Bonchev–Trinajstić information content (AvgIpc) is 2.35. The maximum atomic E-state index is 13.4. The van der Waals surface area contributed by atoms with Crippen LogP contribution in [-0.4, -0.2) is 51.8 Å². The predicted octanol–water partition coefficient (Wildman–Crippen LogP) is -0.349. The van der Waals surface area contributed by atoms with Crippen molar-refractivity contribution in [2.45, 2.75) is 5.54 Å². The summed E-state index contributed by atoms with van der Waals surface area (Å²) in [5.74, 6) is -2.44. The second kappa shape index (κ2) is 5.76. The smallest absolute Gasteiger partial charge is 0.340 e. The van der Waals surface area contributed by atoms with Crippen molar-refractivity contribution >= 4 is 11.7 Å². The van der Waals surface area contributed by atoms with Gasteiger partial charge < -0.3 is 25.7 Å². The zero-order valence-corrected chi connectivity index (χ0v) is 9.43. The number of anilines is 1. The first-order chi connectivity index (χ1) is 8.49. The zero-order valence-electron chi connectivity index (χ0n) is 9.43. The maximum absolute atomic E-state index is 13.4. The third kappa shape index (κ3) is 2.76. The number of hydrogen-bond donors (Lipinski definition) is 5. The van der Waals surface area contributed by atoms with E-state index >= 15 is 0 Å². The van der Waals surface area contributed by atoms with E-state index in [0.717, 1.165) is 6.07 Å². The predicted molar refractivity (Wildman–Crippen MR) is 61.0 cm³/mol. The van der Waals surface area contributed by atoms with Crippen LogP contribution < -0.4 is 5.32 Å². The molecule has 5 N–H and O–H groups in total. The maximum Gasteiger partial charge on any atom is 0.340 e. The highest BCUT2D eigenvalue weighted by molar-refractivity contribution is 5.94. The summed E-state index contributed by atoms with van der Waals surface area (Å²) in [6.07, 6.45) is 0. The zero-order chi connectivity index (χ0) is 13.8. The molecule has 0 bridgehead atoms. The highest BCUT2D eigenvalue weighted by Crippen LogP contribution is 2.22. The molecule has 0 radical (unpaired) electrons. The van der Waals surface area contributed by atoms with Crippen LogP contribution in [0.5, 0.6) is 0 Å². The number of aliphatic hydroxyl groups is 3. The Balaban J connectivity index is 3.18.